The summed E-state index contributed by atoms with van der Waals surface area (Å²) in [6, 6.07) is 10.3. The van der Waals surface area contributed by atoms with Crippen molar-refractivity contribution >= 4 is 16.1 Å². The molecule has 0 fully saturated rings. The van der Waals surface area contributed by atoms with Crippen LogP contribution in [0.5, 0.6) is 0 Å². The van der Waals surface area contributed by atoms with E-state index in [-0.39, 0.29) is 11.5 Å². The second-order valence-corrected chi connectivity index (χ2v) is 6.23. The summed E-state index contributed by atoms with van der Waals surface area (Å²) in [6.07, 6.45) is 1.84. The van der Waals surface area contributed by atoms with Crippen molar-refractivity contribution in [2.45, 2.75) is 5.75 Å². The molecule has 18 heavy (non-hydrogen) atoms. The van der Waals surface area contributed by atoms with Gasteiger partial charge < -0.3 is 4.42 Å². The molecule has 0 spiro atoms. The Balaban J connectivity index is 2.24. The number of rotatable bonds is 4. The molecule has 0 unspecified atom stereocenters. The minimum Gasteiger partial charge on any atom is -0.453 e. The molecule has 0 aliphatic rings. The van der Waals surface area contributed by atoms with Crippen molar-refractivity contribution in [3.8, 4) is 11.3 Å². The van der Waals surface area contributed by atoms with E-state index in [1.165, 1.54) is 6.26 Å². The topological polar surface area (TPSA) is 64.3 Å². The van der Waals surface area contributed by atoms with Gasteiger partial charge in [-0.2, -0.15) is 0 Å². The van der Waals surface area contributed by atoms with E-state index in [1.807, 2.05) is 0 Å². The van der Waals surface area contributed by atoms with Gasteiger partial charge in [-0.3, -0.25) is 4.79 Å². The van der Waals surface area contributed by atoms with Crippen molar-refractivity contribution in [1.82, 2.24) is 0 Å². The summed E-state index contributed by atoms with van der Waals surface area (Å²) in [6.45, 7) is 0. The molecule has 94 valence electrons. The average molecular weight is 264 g/mol. The Bertz CT molecular complexity index is 651. The first-order valence-corrected chi connectivity index (χ1v) is 7.36. The van der Waals surface area contributed by atoms with E-state index >= 15 is 0 Å². The average Bonchev–Trinajstić information content (AvgIpc) is 2.76. The van der Waals surface area contributed by atoms with Crippen molar-refractivity contribution in [1.29, 1.82) is 0 Å². The van der Waals surface area contributed by atoms with Gasteiger partial charge in [0.15, 0.2) is 21.9 Å². The fourth-order valence-corrected chi connectivity index (χ4v) is 2.44. The number of hydrogen-bond acceptors (Lipinski definition) is 4. The zero-order chi connectivity index (χ0) is 13.2. The van der Waals surface area contributed by atoms with Crippen LogP contribution in [-0.2, 0) is 15.6 Å². The molecule has 0 N–H and O–H groups in total. The van der Waals surface area contributed by atoms with E-state index in [2.05, 4.69) is 0 Å². The second kappa shape index (κ2) is 4.78. The lowest BCUT2D eigenvalue weighted by atomic mass is 10.1. The summed E-state index contributed by atoms with van der Waals surface area (Å²) < 4.78 is 27.6. The number of carbonyl (C=O) groups excluding carboxylic acids is 1. The van der Waals surface area contributed by atoms with Gasteiger partial charge >= 0.3 is 0 Å². The molecule has 1 aromatic carbocycles. The lowest BCUT2D eigenvalue weighted by Gasteiger charge is -2.01. The molecule has 0 saturated heterocycles. The van der Waals surface area contributed by atoms with Crippen LogP contribution >= 0.6 is 0 Å². The molecular formula is C13H12O4S. The van der Waals surface area contributed by atoms with E-state index in [0.717, 1.165) is 11.1 Å². The lowest BCUT2D eigenvalue weighted by molar-refractivity contribution is 0.110. The van der Waals surface area contributed by atoms with Crippen LogP contribution in [0, 0.1) is 0 Å². The molecule has 0 saturated carbocycles. The summed E-state index contributed by atoms with van der Waals surface area (Å²) >= 11 is 0. The maximum Gasteiger partial charge on any atom is 0.185 e. The number of benzene rings is 1. The second-order valence-electron chi connectivity index (χ2n) is 4.09. The van der Waals surface area contributed by atoms with Gasteiger partial charge in [0, 0.05) is 11.8 Å². The van der Waals surface area contributed by atoms with Gasteiger partial charge in [-0.25, -0.2) is 8.42 Å². The quantitative estimate of drug-likeness (QED) is 0.795. The van der Waals surface area contributed by atoms with E-state index in [4.69, 9.17) is 4.42 Å². The van der Waals surface area contributed by atoms with E-state index in [1.54, 1.807) is 36.4 Å². The Labute approximate surface area is 105 Å². The first-order chi connectivity index (χ1) is 8.48. The predicted octanol–water partition coefficient (Wildman–Crippen LogP) is 2.30. The molecule has 2 rings (SSSR count). The third kappa shape index (κ3) is 3.07. The smallest absolute Gasteiger partial charge is 0.185 e. The molecule has 0 aliphatic carbocycles. The summed E-state index contributed by atoms with van der Waals surface area (Å²) in [5.74, 6) is 0.874. The number of sulfone groups is 1. The maximum atomic E-state index is 11.1. The highest BCUT2D eigenvalue weighted by molar-refractivity contribution is 7.89. The van der Waals surface area contributed by atoms with Crippen molar-refractivity contribution < 1.29 is 17.6 Å². The molecule has 0 bridgehead atoms. The Kier molecular flexibility index (Phi) is 3.34. The van der Waals surface area contributed by atoms with Gasteiger partial charge in [0.1, 0.15) is 5.76 Å². The molecule has 1 aromatic heterocycles. The summed E-state index contributed by atoms with van der Waals surface area (Å²) in [4.78, 5) is 10.5. The van der Waals surface area contributed by atoms with Crippen molar-refractivity contribution in [2.24, 2.45) is 0 Å². The minimum atomic E-state index is -3.02. The third-order valence-corrected chi connectivity index (χ3v) is 3.27. The molecular weight excluding hydrogens is 252 g/mol. The predicted molar refractivity (Wildman–Crippen MR) is 68.1 cm³/mol. The van der Waals surface area contributed by atoms with Gasteiger partial charge in [0.25, 0.3) is 0 Å². The molecule has 0 amide bonds. The first-order valence-electron chi connectivity index (χ1n) is 5.30. The fourth-order valence-electron chi connectivity index (χ4n) is 1.64. The highest BCUT2D eigenvalue weighted by Gasteiger charge is 2.07. The summed E-state index contributed by atoms with van der Waals surface area (Å²) in [7, 11) is -3.02. The Morgan fingerprint density at radius 2 is 1.78 bits per heavy atom. The number of aldehydes is 1. The maximum absolute atomic E-state index is 11.1. The minimum absolute atomic E-state index is 0.0189. The monoisotopic (exact) mass is 264 g/mol. The van der Waals surface area contributed by atoms with Gasteiger partial charge in [-0.1, -0.05) is 24.3 Å². The first kappa shape index (κ1) is 12.6. The van der Waals surface area contributed by atoms with Crippen molar-refractivity contribution in [3.05, 3.63) is 47.7 Å². The molecule has 0 atom stereocenters. The SMILES string of the molecule is CS(=O)(=O)Cc1ccc(-c2ccc(C=O)o2)cc1. The highest BCUT2D eigenvalue weighted by atomic mass is 32.2. The van der Waals surface area contributed by atoms with Gasteiger partial charge in [-0.15, -0.1) is 0 Å². The Hall–Kier alpha value is -1.88. The Morgan fingerprint density at radius 1 is 1.11 bits per heavy atom. The van der Waals surface area contributed by atoms with Gasteiger partial charge in [-0.05, 0) is 17.7 Å². The van der Waals surface area contributed by atoms with Crippen LogP contribution in [0.1, 0.15) is 16.1 Å². The molecule has 5 heteroatoms. The van der Waals surface area contributed by atoms with Gasteiger partial charge in [0.05, 0.1) is 5.75 Å². The number of carbonyl (C=O) groups is 1. The van der Waals surface area contributed by atoms with Crippen LogP contribution in [0.2, 0.25) is 0 Å². The molecule has 4 nitrogen and oxygen atoms in total. The van der Waals surface area contributed by atoms with Crippen LogP contribution in [-0.4, -0.2) is 21.0 Å². The zero-order valence-corrected chi connectivity index (χ0v) is 10.6. The molecule has 1 heterocycles. The van der Waals surface area contributed by atoms with Crippen LogP contribution in [0.15, 0.2) is 40.8 Å². The fraction of sp³-hybridized carbons (Fsp3) is 0.154. The zero-order valence-electron chi connectivity index (χ0n) is 9.79. The normalized spacial score (nSPS) is 11.4. The molecule has 0 aliphatic heterocycles. The summed E-state index contributed by atoms with van der Waals surface area (Å²) in [5.41, 5.74) is 1.53. The summed E-state index contributed by atoms with van der Waals surface area (Å²) in [5, 5.41) is 0. The van der Waals surface area contributed by atoms with Crippen LogP contribution in [0.3, 0.4) is 0 Å². The third-order valence-electron chi connectivity index (χ3n) is 2.41. The van der Waals surface area contributed by atoms with E-state index < -0.39 is 9.84 Å². The van der Waals surface area contributed by atoms with Crippen LogP contribution < -0.4 is 0 Å². The molecule has 0 radical (unpaired) electrons. The Morgan fingerprint density at radius 3 is 2.28 bits per heavy atom. The highest BCUT2D eigenvalue weighted by Crippen LogP contribution is 2.22. The lowest BCUT2D eigenvalue weighted by Crippen LogP contribution is -2.00. The largest absolute Gasteiger partial charge is 0.453 e. The van der Waals surface area contributed by atoms with E-state index in [0.29, 0.717) is 12.0 Å². The molecule has 2 aromatic rings. The number of hydrogen-bond donors (Lipinski definition) is 0. The van der Waals surface area contributed by atoms with E-state index in [9.17, 15) is 13.2 Å². The standard InChI is InChI=1S/C13H12O4S/c1-18(15,16)9-10-2-4-11(5-3-10)13-7-6-12(8-14)17-13/h2-8H,9H2,1H3. The number of furan rings is 1. The van der Waals surface area contributed by atoms with Crippen LogP contribution in [0.25, 0.3) is 11.3 Å². The van der Waals surface area contributed by atoms with Crippen LogP contribution in [0.4, 0.5) is 0 Å². The van der Waals surface area contributed by atoms with Crippen molar-refractivity contribution in [2.75, 3.05) is 6.26 Å². The van der Waals surface area contributed by atoms with Gasteiger partial charge in [0.2, 0.25) is 0 Å². The van der Waals surface area contributed by atoms with Crippen molar-refractivity contribution in [3.63, 3.8) is 0 Å².